The molecule has 0 spiro atoms. The van der Waals surface area contributed by atoms with E-state index in [2.05, 4.69) is 9.62 Å². The highest BCUT2D eigenvalue weighted by Crippen LogP contribution is 2.29. The van der Waals surface area contributed by atoms with Crippen molar-refractivity contribution in [1.29, 1.82) is 0 Å². The number of nitrogens with two attached hydrogens (primary N) is 2. The number of halogens is 1. The third kappa shape index (κ3) is 6.15. The van der Waals surface area contributed by atoms with Crippen molar-refractivity contribution < 1.29 is 13.2 Å². The van der Waals surface area contributed by atoms with Crippen LogP contribution in [0.5, 0.6) is 0 Å². The first-order valence-electron chi connectivity index (χ1n) is 12.1. The van der Waals surface area contributed by atoms with E-state index in [1.54, 1.807) is 9.42 Å². The Morgan fingerprint density at radius 3 is 2.76 bits per heavy atom. The standard InChI is InChI=1S/C24H33ClN8O3S/c1-15-13-33-22(28-23(15)31-10-7-18(27)14-31)12-21(29-33)16(2)32(9-4-8-26)24(34)19-11-17(25)5-6-20(19)30-37(3,35)36/h5-6,11-13,16,18,30H,4,7-10,14,26-27H2,1-3H3/t16-,18-/m0/s1. The highest BCUT2D eigenvalue weighted by atomic mass is 35.5. The summed E-state index contributed by atoms with van der Waals surface area (Å²) >= 11 is 6.18. The summed E-state index contributed by atoms with van der Waals surface area (Å²) in [7, 11) is -3.62. The van der Waals surface area contributed by atoms with Gasteiger partial charge in [-0.3, -0.25) is 9.52 Å². The van der Waals surface area contributed by atoms with Crippen LogP contribution in [-0.4, -0.2) is 72.3 Å². The van der Waals surface area contributed by atoms with Crippen LogP contribution in [0, 0.1) is 6.92 Å². The molecule has 1 saturated heterocycles. The van der Waals surface area contributed by atoms with Gasteiger partial charge in [0.2, 0.25) is 10.0 Å². The molecule has 4 rings (SSSR count). The molecule has 0 saturated carbocycles. The van der Waals surface area contributed by atoms with Gasteiger partial charge in [-0.05, 0) is 51.4 Å². The number of aromatic nitrogens is 3. The van der Waals surface area contributed by atoms with Crippen molar-refractivity contribution in [1.82, 2.24) is 19.5 Å². The summed E-state index contributed by atoms with van der Waals surface area (Å²) in [5, 5.41) is 5.02. The van der Waals surface area contributed by atoms with Gasteiger partial charge in [0.15, 0.2) is 5.65 Å². The number of anilines is 2. The summed E-state index contributed by atoms with van der Waals surface area (Å²) < 4.78 is 27.9. The van der Waals surface area contributed by atoms with E-state index in [4.69, 9.17) is 33.2 Å². The molecule has 3 heterocycles. The zero-order valence-corrected chi connectivity index (χ0v) is 22.8. The molecule has 1 fully saturated rings. The number of carbonyl (C=O) groups is 1. The lowest BCUT2D eigenvalue weighted by Crippen LogP contribution is -2.36. The number of carbonyl (C=O) groups excluding carboxylic acids is 1. The van der Waals surface area contributed by atoms with Crippen molar-refractivity contribution >= 4 is 44.7 Å². The number of benzene rings is 1. The van der Waals surface area contributed by atoms with Gasteiger partial charge in [0, 0.05) is 48.5 Å². The molecule has 0 unspecified atom stereocenters. The Kier molecular flexibility index (Phi) is 7.93. The van der Waals surface area contributed by atoms with Crippen LogP contribution in [0.2, 0.25) is 5.02 Å². The molecule has 0 aliphatic carbocycles. The van der Waals surface area contributed by atoms with Crippen LogP contribution in [0.3, 0.4) is 0 Å². The third-order valence-electron chi connectivity index (χ3n) is 6.42. The van der Waals surface area contributed by atoms with Gasteiger partial charge in [0.1, 0.15) is 5.82 Å². The molecule has 37 heavy (non-hydrogen) atoms. The third-order valence-corrected chi connectivity index (χ3v) is 7.24. The van der Waals surface area contributed by atoms with Crippen LogP contribution in [0.1, 0.15) is 47.4 Å². The summed E-state index contributed by atoms with van der Waals surface area (Å²) in [6, 6.07) is 6.01. The van der Waals surface area contributed by atoms with Gasteiger partial charge >= 0.3 is 0 Å². The van der Waals surface area contributed by atoms with Gasteiger partial charge in [-0.2, -0.15) is 5.10 Å². The average molecular weight is 549 g/mol. The Hall–Kier alpha value is -2.93. The fraction of sp³-hybridized carbons (Fsp3) is 0.458. The topological polar surface area (TPSA) is 152 Å². The van der Waals surface area contributed by atoms with E-state index in [0.717, 1.165) is 37.1 Å². The lowest BCUT2D eigenvalue weighted by Gasteiger charge is -2.29. The van der Waals surface area contributed by atoms with Gasteiger partial charge < -0.3 is 21.3 Å². The van der Waals surface area contributed by atoms with E-state index < -0.39 is 16.1 Å². The van der Waals surface area contributed by atoms with Crippen molar-refractivity contribution in [3.63, 3.8) is 0 Å². The highest BCUT2D eigenvalue weighted by molar-refractivity contribution is 7.92. The number of hydrogen-bond acceptors (Lipinski definition) is 8. The molecular formula is C24H33ClN8O3S. The molecule has 1 aliphatic heterocycles. The Bertz CT molecular complexity index is 1410. The normalized spacial score (nSPS) is 16.8. The summed E-state index contributed by atoms with van der Waals surface area (Å²) in [5.74, 6) is 0.494. The van der Waals surface area contributed by atoms with E-state index in [0.29, 0.717) is 35.9 Å². The van der Waals surface area contributed by atoms with E-state index in [-0.39, 0.29) is 23.2 Å². The molecule has 2 atom stereocenters. The second-order valence-corrected chi connectivity index (χ2v) is 11.7. The fourth-order valence-corrected chi connectivity index (χ4v) is 5.30. The maximum atomic E-state index is 13.8. The quantitative estimate of drug-likeness (QED) is 0.368. The van der Waals surface area contributed by atoms with Gasteiger partial charge in [-0.15, -0.1) is 0 Å². The number of nitrogens with one attached hydrogen (secondary N) is 1. The van der Waals surface area contributed by atoms with Crippen molar-refractivity contribution in [2.45, 2.75) is 38.8 Å². The van der Waals surface area contributed by atoms with E-state index in [1.807, 2.05) is 26.1 Å². The molecule has 0 radical (unpaired) electrons. The van der Waals surface area contributed by atoms with Gasteiger partial charge in [-0.1, -0.05) is 11.6 Å². The second kappa shape index (κ2) is 10.8. The van der Waals surface area contributed by atoms with Crippen LogP contribution >= 0.6 is 11.6 Å². The molecule has 1 aliphatic rings. The Labute approximate surface area is 221 Å². The van der Waals surface area contributed by atoms with E-state index in [9.17, 15) is 13.2 Å². The lowest BCUT2D eigenvalue weighted by molar-refractivity contribution is 0.0687. The minimum atomic E-state index is -3.62. The molecule has 200 valence electrons. The van der Waals surface area contributed by atoms with Crippen molar-refractivity contribution in [2.75, 3.05) is 42.1 Å². The number of sulfonamides is 1. The number of fused-ring (bicyclic) bond motifs is 1. The minimum Gasteiger partial charge on any atom is -0.355 e. The zero-order valence-electron chi connectivity index (χ0n) is 21.2. The molecule has 3 aromatic rings. The number of rotatable bonds is 9. The Morgan fingerprint density at radius 1 is 1.35 bits per heavy atom. The lowest BCUT2D eigenvalue weighted by atomic mass is 10.1. The maximum absolute atomic E-state index is 13.8. The smallest absolute Gasteiger partial charge is 0.256 e. The molecule has 0 bridgehead atoms. The molecule has 1 aromatic carbocycles. The predicted octanol–water partition coefficient (Wildman–Crippen LogP) is 2.15. The molecule has 11 nitrogen and oxygen atoms in total. The summed E-state index contributed by atoms with van der Waals surface area (Å²) in [6.45, 7) is 6.20. The first kappa shape index (κ1) is 27.1. The summed E-state index contributed by atoms with van der Waals surface area (Å²) in [6.07, 6.45) is 4.43. The van der Waals surface area contributed by atoms with Crippen molar-refractivity contribution in [3.05, 3.63) is 52.3 Å². The van der Waals surface area contributed by atoms with Crippen molar-refractivity contribution in [2.24, 2.45) is 11.5 Å². The number of nitrogens with zero attached hydrogens (tertiary/aromatic N) is 5. The summed E-state index contributed by atoms with van der Waals surface area (Å²) in [4.78, 5) is 22.4. The van der Waals surface area contributed by atoms with Crippen LogP contribution in [0.15, 0.2) is 30.5 Å². The van der Waals surface area contributed by atoms with E-state index in [1.165, 1.54) is 18.2 Å². The first-order chi connectivity index (χ1) is 17.5. The molecule has 1 amide bonds. The van der Waals surface area contributed by atoms with Crippen LogP contribution in [-0.2, 0) is 10.0 Å². The molecule has 13 heteroatoms. The van der Waals surface area contributed by atoms with Crippen LogP contribution < -0.4 is 21.1 Å². The molecule has 2 aromatic heterocycles. The Balaban J connectivity index is 1.69. The number of amides is 1. The van der Waals surface area contributed by atoms with Gasteiger partial charge in [0.25, 0.3) is 5.91 Å². The van der Waals surface area contributed by atoms with E-state index >= 15 is 0 Å². The highest BCUT2D eigenvalue weighted by Gasteiger charge is 2.28. The fourth-order valence-electron chi connectivity index (χ4n) is 4.55. The minimum absolute atomic E-state index is 0.133. The molecule has 5 N–H and O–H groups in total. The van der Waals surface area contributed by atoms with Gasteiger partial charge in [-0.25, -0.2) is 17.9 Å². The maximum Gasteiger partial charge on any atom is 0.256 e. The summed E-state index contributed by atoms with van der Waals surface area (Å²) in [5.41, 5.74) is 14.4. The van der Waals surface area contributed by atoms with Crippen LogP contribution in [0.4, 0.5) is 11.5 Å². The van der Waals surface area contributed by atoms with Crippen LogP contribution in [0.25, 0.3) is 5.65 Å². The first-order valence-corrected chi connectivity index (χ1v) is 14.4. The average Bonchev–Trinajstić information content (AvgIpc) is 3.44. The van der Waals surface area contributed by atoms with Crippen molar-refractivity contribution in [3.8, 4) is 0 Å². The largest absolute Gasteiger partial charge is 0.355 e. The monoisotopic (exact) mass is 548 g/mol. The zero-order chi connectivity index (χ0) is 26.9. The second-order valence-electron chi connectivity index (χ2n) is 9.50. The van der Waals surface area contributed by atoms with Gasteiger partial charge in [0.05, 0.1) is 29.2 Å². The molecular weight excluding hydrogens is 516 g/mol. The SMILES string of the molecule is Cc1cn2nc([C@H](C)N(CCCN)C(=O)c3cc(Cl)ccc3NS(C)(=O)=O)cc2nc1N1CC[C@H](N)C1. The Morgan fingerprint density at radius 2 is 2.11 bits per heavy atom. The predicted molar refractivity (Wildman–Crippen MR) is 146 cm³/mol. The number of hydrogen-bond donors (Lipinski definition) is 3. The number of aryl methyl sites for hydroxylation is 1.